The average Bonchev–Trinajstić information content (AvgIpc) is 2.90. The Morgan fingerprint density at radius 3 is 1.10 bits per heavy atom. The van der Waals surface area contributed by atoms with Gasteiger partial charge < -0.3 is 20.0 Å². The molecule has 0 aromatic rings. The zero-order valence-corrected chi connectivity index (χ0v) is 18.8. The van der Waals surface area contributed by atoms with E-state index in [0.29, 0.717) is 0 Å². The fraction of sp³-hybridized carbons (Fsp3) is 1.00. The van der Waals surface area contributed by atoms with Crippen LogP contribution in [0.2, 0.25) is 0 Å². The highest BCUT2D eigenvalue weighted by Gasteiger charge is 2.23. The summed E-state index contributed by atoms with van der Waals surface area (Å²) in [7, 11) is 4.33. The first kappa shape index (κ1) is 23.3. The first-order valence-corrected chi connectivity index (χ1v) is 11.6. The average molecular weight is 413 g/mol. The second-order valence-corrected chi connectivity index (χ2v) is 9.47. The fourth-order valence-corrected chi connectivity index (χ4v) is 4.76. The number of β-amino-alcohol motifs (C(OH)–C–C–N with tert-alkyl or cyclic N) is 2. The Morgan fingerprint density at radius 1 is 0.483 bits per heavy atom. The minimum absolute atomic E-state index is 0.271. The standard InChI is InChI=1S/C21H44N6O2/c1-22-6-10-26(11-7-22)18-20(28)16-24-4-3-5-25(15-14-24)17-21(29)19-27-12-8-23(2)9-13-27/h20-21,28-29H,3-19H2,1-2H3. The molecule has 8 heteroatoms. The molecule has 2 atom stereocenters. The van der Waals surface area contributed by atoms with Crippen LogP contribution in [0.15, 0.2) is 0 Å². The molecule has 3 aliphatic heterocycles. The predicted octanol–water partition coefficient (Wildman–Crippen LogP) is -1.79. The Kier molecular flexibility index (Phi) is 9.58. The van der Waals surface area contributed by atoms with Crippen molar-refractivity contribution in [1.29, 1.82) is 0 Å². The maximum absolute atomic E-state index is 10.6. The van der Waals surface area contributed by atoms with Crippen LogP contribution in [0.3, 0.4) is 0 Å². The number of nitrogens with zero attached hydrogens (tertiary/aromatic N) is 6. The number of likely N-dealkylation sites (N-methyl/N-ethyl adjacent to an activating group) is 2. The molecule has 3 saturated heterocycles. The quantitative estimate of drug-likeness (QED) is 0.485. The molecule has 170 valence electrons. The molecule has 0 radical (unpaired) electrons. The fourth-order valence-electron chi connectivity index (χ4n) is 4.76. The number of aliphatic hydroxyl groups excluding tert-OH is 2. The molecule has 3 heterocycles. The van der Waals surface area contributed by atoms with E-state index in [9.17, 15) is 10.2 Å². The molecule has 0 amide bonds. The summed E-state index contributed by atoms with van der Waals surface area (Å²) in [5.41, 5.74) is 0. The number of piperazine rings is 2. The smallest absolute Gasteiger partial charge is 0.0793 e. The van der Waals surface area contributed by atoms with E-state index in [0.717, 1.165) is 111 Å². The van der Waals surface area contributed by atoms with Gasteiger partial charge in [0.25, 0.3) is 0 Å². The van der Waals surface area contributed by atoms with E-state index in [1.807, 2.05) is 0 Å². The summed E-state index contributed by atoms with van der Waals surface area (Å²) in [5, 5.41) is 21.1. The van der Waals surface area contributed by atoms with E-state index in [1.54, 1.807) is 0 Å². The number of hydrogen-bond acceptors (Lipinski definition) is 8. The molecule has 0 aromatic heterocycles. The molecule has 3 fully saturated rings. The van der Waals surface area contributed by atoms with Crippen molar-refractivity contribution in [3.8, 4) is 0 Å². The number of hydrogen-bond donors (Lipinski definition) is 2. The van der Waals surface area contributed by atoms with Crippen LogP contribution in [-0.4, -0.2) is 171 Å². The van der Waals surface area contributed by atoms with Crippen LogP contribution in [0.1, 0.15) is 6.42 Å². The Labute approximate surface area is 177 Å². The summed E-state index contributed by atoms with van der Waals surface area (Å²) in [6, 6.07) is 0. The molecule has 0 bridgehead atoms. The third kappa shape index (κ3) is 8.38. The van der Waals surface area contributed by atoms with Gasteiger partial charge in [0.15, 0.2) is 0 Å². The largest absolute Gasteiger partial charge is 0.390 e. The molecule has 3 aliphatic rings. The lowest BCUT2D eigenvalue weighted by Crippen LogP contribution is -2.49. The number of rotatable bonds is 8. The lowest BCUT2D eigenvalue weighted by molar-refractivity contribution is 0.0502. The molecule has 0 aromatic carbocycles. The lowest BCUT2D eigenvalue weighted by atomic mass is 10.2. The third-order valence-corrected chi connectivity index (χ3v) is 6.75. The van der Waals surface area contributed by atoms with Gasteiger partial charge in [-0.15, -0.1) is 0 Å². The Balaban J connectivity index is 1.32. The minimum atomic E-state index is -0.271. The van der Waals surface area contributed by atoms with Gasteiger partial charge in [0.05, 0.1) is 12.2 Å². The van der Waals surface area contributed by atoms with Crippen molar-refractivity contribution in [2.24, 2.45) is 0 Å². The van der Waals surface area contributed by atoms with Crippen molar-refractivity contribution < 1.29 is 10.2 Å². The first-order chi connectivity index (χ1) is 14.0. The summed E-state index contributed by atoms with van der Waals surface area (Å²) < 4.78 is 0. The summed E-state index contributed by atoms with van der Waals surface area (Å²) in [5.74, 6) is 0. The molecule has 2 N–H and O–H groups in total. The SMILES string of the molecule is CN1CCN(CC(O)CN2CCCN(CC(O)CN3CCN(C)CC3)CC2)CC1. The maximum atomic E-state index is 10.6. The summed E-state index contributed by atoms with van der Waals surface area (Å²) in [6.45, 7) is 15.8. The highest BCUT2D eigenvalue weighted by Crippen LogP contribution is 2.08. The molecule has 0 spiro atoms. The van der Waals surface area contributed by atoms with Gasteiger partial charge >= 0.3 is 0 Å². The van der Waals surface area contributed by atoms with Crippen molar-refractivity contribution in [3.63, 3.8) is 0 Å². The second kappa shape index (κ2) is 11.9. The van der Waals surface area contributed by atoms with Crippen LogP contribution in [-0.2, 0) is 0 Å². The van der Waals surface area contributed by atoms with Crippen LogP contribution in [0.5, 0.6) is 0 Å². The van der Waals surface area contributed by atoms with E-state index in [2.05, 4.69) is 43.5 Å². The van der Waals surface area contributed by atoms with Crippen LogP contribution >= 0.6 is 0 Å². The van der Waals surface area contributed by atoms with Gasteiger partial charge in [-0.2, -0.15) is 0 Å². The van der Waals surface area contributed by atoms with Crippen molar-refractivity contribution in [2.45, 2.75) is 18.6 Å². The van der Waals surface area contributed by atoms with E-state index in [1.165, 1.54) is 0 Å². The first-order valence-electron chi connectivity index (χ1n) is 11.6. The summed E-state index contributed by atoms with van der Waals surface area (Å²) in [4.78, 5) is 14.3. The van der Waals surface area contributed by atoms with Crippen LogP contribution in [0.25, 0.3) is 0 Å². The van der Waals surface area contributed by atoms with Crippen LogP contribution < -0.4 is 0 Å². The highest BCUT2D eigenvalue weighted by atomic mass is 16.3. The third-order valence-electron chi connectivity index (χ3n) is 6.75. The van der Waals surface area contributed by atoms with Crippen LogP contribution in [0, 0.1) is 0 Å². The summed E-state index contributed by atoms with van der Waals surface area (Å²) >= 11 is 0. The molecule has 2 unspecified atom stereocenters. The molecule has 8 nitrogen and oxygen atoms in total. The van der Waals surface area contributed by atoms with Gasteiger partial charge in [0.1, 0.15) is 0 Å². The molecular formula is C21H44N6O2. The zero-order chi connectivity index (χ0) is 20.6. The van der Waals surface area contributed by atoms with Gasteiger partial charge in [-0.25, -0.2) is 0 Å². The summed E-state index contributed by atoms with van der Waals surface area (Å²) in [6.07, 6.45) is 0.572. The number of aliphatic hydroxyl groups is 2. The van der Waals surface area contributed by atoms with Crippen LogP contribution in [0.4, 0.5) is 0 Å². The zero-order valence-electron chi connectivity index (χ0n) is 18.8. The van der Waals surface area contributed by atoms with Crippen molar-refractivity contribution in [3.05, 3.63) is 0 Å². The maximum Gasteiger partial charge on any atom is 0.0793 e. The normalized spacial score (nSPS) is 27.7. The molecule has 0 saturated carbocycles. The Morgan fingerprint density at radius 2 is 0.759 bits per heavy atom. The predicted molar refractivity (Wildman–Crippen MR) is 117 cm³/mol. The Hall–Kier alpha value is -0.320. The second-order valence-electron chi connectivity index (χ2n) is 9.47. The van der Waals surface area contributed by atoms with Crippen molar-refractivity contribution >= 4 is 0 Å². The molecule has 0 aliphatic carbocycles. The lowest BCUT2D eigenvalue weighted by Gasteiger charge is -2.34. The van der Waals surface area contributed by atoms with Gasteiger partial charge in [-0.05, 0) is 33.6 Å². The molecule has 3 rings (SSSR count). The van der Waals surface area contributed by atoms with Gasteiger partial charge in [0.2, 0.25) is 0 Å². The highest BCUT2D eigenvalue weighted by molar-refractivity contribution is 4.79. The van der Waals surface area contributed by atoms with Gasteiger partial charge in [-0.1, -0.05) is 0 Å². The Bertz CT molecular complexity index is 414. The van der Waals surface area contributed by atoms with E-state index >= 15 is 0 Å². The van der Waals surface area contributed by atoms with E-state index in [-0.39, 0.29) is 12.2 Å². The van der Waals surface area contributed by atoms with Gasteiger partial charge in [-0.3, -0.25) is 19.6 Å². The van der Waals surface area contributed by atoms with Crippen molar-refractivity contribution in [2.75, 3.05) is 119 Å². The van der Waals surface area contributed by atoms with Crippen molar-refractivity contribution in [1.82, 2.24) is 29.4 Å². The van der Waals surface area contributed by atoms with E-state index < -0.39 is 0 Å². The topological polar surface area (TPSA) is 59.9 Å². The molecular weight excluding hydrogens is 368 g/mol. The molecule has 29 heavy (non-hydrogen) atoms. The van der Waals surface area contributed by atoms with Gasteiger partial charge in [0, 0.05) is 91.6 Å². The minimum Gasteiger partial charge on any atom is -0.390 e. The van der Waals surface area contributed by atoms with E-state index in [4.69, 9.17) is 0 Å². The monoisotopic (exact) mass is 412 g/mol.